The first-order valence-corrected chi connectivity index (χ1v) is 11.1. The van der Waals surface area contributed by atoms with Gasteiger partial charge in [0.05, 0.1) is 0 Å². The number of ketones is 1. The van der Waals surface area contributed by atoms with Crippen LogP contribution in [0.15, 0.2) is 36.4 Å². The Kier molecular flexibility index (Phi) is 5.98. The van der Waals surface area contributed by atoms with Crippen LogP contribution in [0.25, 0.3) is 0 Å². The van der Waals surface area contributed by atoms with Gasteiger partial charge in [0.15, 0.2) is 5.78 Å². The molecule has 1 fully saturated rings. The quantitative estimate of drug-likeness (QED) is 0.561. The molecule has 2 aliphatic rings. The molecule has 0 N–H and O–H groups in total. The lowest BCUT2D eigenvalue weighted by molar-refractivity contribution is -0.136. The van der Waals surface area contributed by atoms with E-state index in [1.54, 1.807) is 0 Å². The van der Waals surface area contributed by atoms with Crippen LogP contribution in [0.5, 0.6) is 0 Å². The van der Waals surface area contributed by atoms with Gasteiger partial charge in [-0.15, -0.1) is 0 Å². The maximum atomic E-state index is 13.2. The van der Waals surface area contributed by atoms with Gasteiger partial charge in [-0.05, 0) is 67.3 Å². The summed E-state index contributed by atoms with van der Waals surface area (Å²) in [7, 11) is 0. The Morgan fingerprint density at radius 3 is 2.34 bits per heavy atom. The van der Waals surface area contributed by atoms with Gasteiger partial charge in [0, 0.05) is 41.0 Å². The third-order valence-corrected chi connectivity index (χ3v) is 7.11. The minimum absolute atomic E-state index is 0.0947. The van der Waals surface area contributed by atoms with Gasteiger partial charge in [0.1, 0.15) is 0 Å². The molecular weight excluding hydrogens is 405 g/mol. The van der Waals surface area contributed by atoms with Crippen molar-refractivity contribution in [2.24, 2.45) is 5.92 Å². The van der Waals surface area contributed by atoms with Crippen LogP contribution in [0.2, 0.25) is 10.0 Å². The van der Waals surface area contributed by atoms with Crippen LogP contribution >= 0.6 is 23.2 Å². The van der Waals surface area contributed by atoms with Crippen molar-refractivity contribution >= 4 is 34.9 Å². The molecule has 1 atom stereocenters. The van der Waals surface area contributed by atoms with Gasteiger partial charge in [-0.1, -0.05) is 47.5 Å². The number of amides is 1. The molecule has 5 heteroatoms. The molecule has 29 heavy (non-hydrogen) atoms. The molecule has 1 amide bonds. The minimum Gasteiger partial charge on any atom is -0.342 e. The third kappa shape index (κ3) is 4.08. The number of halogens is 2. The van der Waals surface area contributed by atoms with Crippen molar-refractivity contribution in [1.82, 2.24) is 4.90 Å². The van der Waals surface area contributed by atoms with E-state index in [1.165, 1.54) is 0 Å². The fourth-order valence-corrected chi connectivity index (χ4v) is 5.51. The Bertz CT molecular complexity index is 928. The smallest absolute Gasteiger partial charge is 0.226 e. The van der Waals surface area contributed by atoms with E-state index < -0.39 is 0 Å². The number of hydrogen-bond acceptors (Lipinski definition) is 2. The molecule has 0 bridgehead atoms. The molecule has 0 radical (unpaired) electrons. The highest BCUT2D eigenvalue weighted by Crippen LogP contribution is 2.38. The number of Topliss-reactive ketones (excluding diaryl/α,β-unsaturated/α-hetero) is 1. The molecule has 3 nitrogen and oxygen atoms in total. The fourth-order valence-electron chi connectivity index (χ4n) is 4.81. The first-order valence-electron chi connectivity index (χ1n) is 10.3. The monoisotopic (exact) mass is 429 g/mol. The van der Waals surface area contributed by atoms with Crippen LogP contribution in [0.1, 0.15) is 58.6 Å². The van der Waals surface area contributed by atoms with E-state index in [1.807, 2.05) is 48.2 Å². The first kappa shape index (κ1) is 20.4. The zero-order chi connectivity index (χ0) is 20.5. The number of carbonyl (C=O) groups excluding carboxylic acids is 2. The number of nitrogens with zero attached hydrogens (tertiary/aromatic N) is 1. The first-order chi connectivity index (χ1) is 14.0. The highest BCUT2D eigenvalue weighted by Gasteiger charge is 2.33. The number of fused-ring (bicyclic) bond motifs is 1. The Morgan fingerprint density at radius 2 is 1.66 bits per heavy atom. The Labute approximate surface area is 182 Å². The number of hydrogen-bond donors (Lipinski definition) is 0. The SMILES string of the molecule is Cc1cccc2c1CCC(C(=O)N1CCC(c3c(Cl)cccc3Cl)CC1)CC2=O. The molecule has 2 aromatic carbocycles. The molecule has 0 saturated carbocycles. The second-order valence-corrected chi connectivity index (χ2v) is 9.01. The van der Waals surface area contributed by atoms with Gasteiger partial charge in [0.2, 0.25) is 5.91 Å². The number of carbonyl (C=O) groups is 2. The van der Waals surface area contributed by atoms with Gasteiger partial charge in [0.25, 0.3) is 0 Å². The number of rotatable bonds is 2. The molecule has 4 rings (SSSR count). The second kappa shape index (κ2) is 8.49. The number of likely N-dealkylation sites (tertiary alicyclic amines) is 1. The van der Waals surface area contributed by atoms with Crippen molar-refractivity contribution in [3.63, 3.8) is 0 Å². The summed E-state index contributed by atoms with van der Waals surface area (Å²) in [5.74, 6) is 0.252. The van der Waals surface area contributed by atoms with Crippen molar-refractivity contribution in [3.05, 3.63) is 68.7 Å². The fraction of sp³-hybridized carbons (Fsp3) is 0.417. The molecule has 152 valence electrons. The standard InChI is InChI=1S/C24H25Cl2NO2/c1-15-4-2-5-19-18(15)9-8-17(14-22(19)28)24(29)27-12-10-16(11-13-27)23-20(25)6-3-7-21(23)26/h2-7,16-17H,8-14H2,1H3. The molecule has 0 aromatic heterocycles. The van der Waals surface area contributed by atoms with E-state index in [2.05, 4.69) is 0 Å². The maximum absolute atomic E-state index is 13.2. The summed E-state index contributed by atoms with van der Waals surface area (Å²) < 4.78 is 0. The Balaban J connectivity index is 1.43. The van der Waals surface area contributed by atoms with Crippen molar-refractivity contribution < 1.29 is 9.59 Å². The Morgan fingerprint density at radius 1 is 1.00 bits per heavy atom. The highest BCUT2D eigenvalue weighted by atomic mass is 35.5. The normalized spacial score (nSPS) is 20.3. The summed E-state index contributed by atoms with van der Waals surface area (Å²) in [5.41, 5.74) is 4.05. The summed E-state index contributed by atoms with van der Waals surface area (Å²) >= 11 is 12.7. The van der Waals surface area contributed by atoms with Crippen LogP contribution in [-0.4, -0.2) is 29.7 Å². The van der Waals surface area contributed by atoms with Crippen molar-refractivity contribution in [2.45, 2.75) is 44.9 Å². The van der Waals surface area contributed by atoms with E-state index in [9.17, 15) is 9.59 Å². The molecular formula is C24H25Cl2NO2. The predicted octanol–water partition coefficient (Wildman–Crippen LogP) is 5.84. The molecule has 0 spiro atoms. The minimum atomic E-state index is -0.227. The lowest BCUT2D eigenvalue weighted by atomic mass is 9.88. The highest BCUT2D eigenvalue weighted by molar-refractivity contribution is 6.36. The summed E-state index contributed by atoms with van der Waals surface area (Å²) in [6.45, 7) is 3.41. The summed E-state index contributed by atoms with van der Waals surface area (Å²) in [4.78, 5) is 27.9. The van der Waals surface area contributed by atoms with Crippen molar-refractivity contribution in [2.75, 3.05) is 13.1 Å². The topological polar surface area (TPSA) is 37.4 Å². The van der Waals surface area contributed by atoms with Gasteiger partial charge in [-0.25, -0.2) is 0 Å². The lowest BCUT2D eigenvalue weighted by Crippen LogP contribution is -2.41. The van der Waals surface area contributed by atoms with Gasteiger partial charge < -0.3 is 4.90 Å². The maximum Gasteiger partial charge on any atom is 0.226 e. The molecule has 1 aliphatic carbocycles. The lowest BCUT2D eigenvalue weighted by Gasteiger charge is -2.34. The van der Waals surface area contributed by atoms with Crippen LogP contribution in [-0.2, 0) is 11.2 Å². The summed E-state index contributed by atoms with van der Waals surface area (Å²) in [5, 5.41) is 1.40. The van der Waals surface area contributed by atoms with Crippen molar-refractivity contribution in [1.29, 1.82) is 0 Å². The van der Waals surface area contributed by atoms with E-state index in [4.69, 9.17) is 23.2 Å². The number of benzene rings is 2. The van der Waals surface area contributed by atoms with E-state index in [0.29, 0.717) is 29.6 Å². The zero-order valence-electron chi connectivity index (χ0n) is 16.6. The van der Waals surface area contributed by atoms with Crippen LogP contribution < -0.4 is 0 Å². The number of aryl methyl sites for hydroxylation is 1. The third-order valence-electron chi connectivity index (χ3n) is 6.45. The van der Waals surface area contributed by atoms with E-state index >= 15 is 0 Å². The van der Waals surface area contributed by atoms with Gasteiger partial charge in [-0.3, -0.25) is 9.59 Å². The molecule has 1 heterocycles. The molecule has 1 aliphatic heterocycles. The summed E-state index contributed by atoms with van der Waals surface area (Å²) in [6.07, 6.45) is 3.52. The van der Waals surface area contributed by atoms with Gasteiger partial charge in [-0.2, -0.15) is 0 Å². The van der Waals surface area contributed by atoms with Crippen LogP contribution in [0, 0.1) is 12.8 Å². The Hall–Kier alpha value is -1.84. The van der Waals surface area contributed by atoms with E-state index in [0.717, 1.165) is 47.9 Å². The average Bonchev–Trinajstić information content (AvgIpc) is 2.88. The molecule has 1 saturated heterocycles. The largest absolute Gasteiger partial charge is 0.342 e. The number of piperidine rings is 1. The van der Waals surface area contributed by atoms with E-state index in [-0.39, 0.29) is 23.5 Å². The predicted molar refractivity (Wildman–Crippen MR) is 117 cm³/mol. The van der Waals surface area contributed by atoms with Crippen LogP contribution in [0.4, 0.5) is 0 Å². The van der Waals surface area contributed by atoms with Crippen molar-refractivity contribution in [3.8, 4) is 0 Å². The zero-order valence-corrected chi connectivity index (χ0v) is 18.1. The molecule has 2 aromatic rings. The molecule has 1 unspecified atom stereocenters. The second-order valence-electron chi connectivity index (χ2n) is 8.20. The van der Waals surface area contributed by atoms with Gasteiger partial charge >= 0.3 is 0 Å². The van der Waals surface area contributed by atoms with Crippen LogP contribution in [0.3, 0.4) is 0 Å². The summed E-state index contributed by atoms with van der Waals surface area (Å²) in [6, 6.07) is 11.5. The average molecular weight is 430 g/mol.